The van der Waals surface area contributed by atoms with Crippen molar-refractivity contribution in [3.8, 4) is 0 Å². The van der Waals surface area contributed by atoms with Crippen molar-refractivity contribution in [1.29, 1.82) is 0 Å². The Morgan fingerprint density at radius 2 is 1.03 bits per heavy atom. The molecule has 0 N–H and O–H groups in total. The maximum atomic E-state index is 11.8. The molecule has 0 heterocycles. The molecule has 4 heteroatoms. The Kier molecular flexibility index (Phi) is 8.98. The maximum Gasteiger partial charge on any atom is 0.338 e. The number of esters is 2. The van der Waals surface area contributed by atoms with E-state index in [1.54, 1.807) is 24.3 Å². The molecule has 0 saturated carbocycles. The minimum Gasteiger partial charge on any atom is -0.457 e. The Labute approximate surface area is 194 Å². The summed E-state index contributed by atoms with van der Waals surface area (Å²) in [5.74, 6) is -0.577. The first-order valence-electron chi connectivity index (χ1n) is 10.7. The van der Waals surface area contributed by atoms with Crippen LogP contribution in [0.5, 0.6) is 0 Å². The van der Waals surface area contributed by atoms with E-state index in [-0.39, 0.29) is 18.0 Å². The van der Waals surface area contributed by atoms with Crippen LogP contribution in [-0.4, -0.2) is 11.9 Å². The van der Waals surface area contributed by atoms with Crippen LogP contribution in [0.25, 0.3) is 0 Å². The highest BCUT2D eigenvalue weighted by molar-refractivity contribution is 5.89. The van der Waals surface area contributed by atoms with Gasteiger partial charge in [0.15, 0.2) is 0 Å². The van der Waals surface area contributed by atoms with Gasteiger partial charge in [-0.15, -0.1) is 0 Å². The molecule has 0 fully saturated rings. The lowest BCUT2D eigenvalue weighted by Gasteiger charge is -2.13. The molecule has 1 unspecified atom stereocenters. The molecule has 166 valence electrons. The fourth-order valence-corrected chi connectivity index (χ4v) is 2.98. The van der Waals surface area contributed by atoms with E-state index in [4.69, 9.17) is 9.47 Å². The van der Waals surface area contributed by atoms with Gasteiger partial charge in [-0.25, -0.2) is 9.59 Å². The number of benzene rings is 4. The third kappa shape index (κ3) is 7.78. The molecule has 0 saturated heterocycles. The first-order chi connectivity index (χ1) is 16.1. The Morgan fingerprint density at radius 1 is 0.606 bits per heavy atom. The van der Waals surface area contributed by atoms with Crippen LogP contribution in [0.2, 0.25) is 0 Å². The van der Waals surface area contributed by atoms with E-state index < -0.39 is 0 Å². The highest BCUT2D eigenvalue weighted by Crippen LogP contribution is 2.17. The van der Waals surface area contributed by atoms with Crippen LogP contribution in [-0.2, 0) is 16.1 Å². The monoisotopic (exact) mass is 438 g/mol. The molecular weight excluding hydrogens is 412 g/mol. The summed E-state index contributed by atoms with van der Waals surface area (Å²) < 4.78 is 10.6. The minimum absolute atomic E-state index is 0.232. The van der Waals surface area contributed by atoms with Crippen molar-refractivity contribution >= 4 is 11.9 Å². The minimum atomic E-state index is -0.290. The van der Waals surface area contributed by atoms with E-state index in [0.29, 0.717) is 17.7 Å². The topological polar surface area (TPSA) is 52.6 Å². The quantitative estimate of drug-likeness (QED) is 0.316. The van der Waals surface area contributed by atoms with Crippen LogP contribution in [0.1, 0.15) is 44.9 Å². The summed E-state index contributed by atoms with van der Waals surface area (Å²) in [6, 6.07) is 37.3. The first kappa shape index (κ1) is 23.5. The van der Waals surface area contributed by atoms with Crippen molar-refractivity contribution in [3.63, 3.8) is 0 Å². The van der Waals surface area contributed by atoms with Crippen LogP contribution >= 0.6 is 0 Å². The molecule has 33 heavy (non-hydrogen) atoms. The lowest BCUT2D eigenvalue weighted by Crippen LogP contribution is -2.08. The van der Waals surface area contributed by atoms with E-state index in [1.807, 2.05) is 104 Å². The largest absolute Gasteiger partial charge is 0.457 e. The van der Waals surface area contributed by atoms with Gasteiger partial charge in [-0.2, -0.15) is 0 Å². The zero-order valence-corrected chi connectivity index (χ0v) is 18.5. The van der Waals surface area contributed by atoms with Crippen LogP contribution in [0.4, 0.5) is 0 Å². The van der Waals surface area contributed by atoms with Crippen LogP contribution in [0, 0.1) is 0 Å². The molecule has 4 aromatic carbocycles. The van der Waals surface area contributed by atoms with Gasteiger partial charge in [-0.3, -0.25) is 0 Å². The molecule has 0 aliphatic carbocycles. The highest BCUT2D eigenvalue weighted by Gasteiger charge is 2.12. The third-order valence-corrected chi connectivity index (χ3v) is 4.78. The summed E-state index contributed by atoms with van der Waals surface area (Å²) in [5, 5.41) is 0. The second kappa shape index (κ2) is 12.6. The predicted octanol–water partition coefficient (Wildman–Crippen LogP) is 6.65. The summed E-state index contributed by atoms with van der Waals surface area (Å²) in [5.41, 5.74) is 3.15. The molecule has 0 spiro atoms. The van der Waals surface area contributed by atoms with Crippen molar-refractivity contribution in [3.05, 3.63) is 144 Å². The van der Waals surface area contributed by atoms with E-state index in [1.165, 1.54) is 0 Å². The average Bonchev–Trinajstić information content (AvgIpc) is 2.89. The zero-order valence-electron chi connectivity index (χ0n) is 18.5. The molecule has 4 aromatic rings. The molecular formula is C29H26O4. The Bertz CT molecular complexity index is 1110. The molecule has 0 amide bonds. The zero-order chi connectivity index (χ0) is 23.3. The Balaban J connectivity index is 0.000000186. The van der Waals surface area contributed by atoms with Crippen LogP contribution < -0.4 is 0 Å². The van der Waals surface area contributed by atoms with Crippen molar-refractivity contribution < 1.29 is 19.1 Å². The van der Waals surface area contributed by atoms with Gasteiger partial charge in [0.1, 0.15) is 12.7 Å². The lowest BCUT2D eigenvalue weighted by atomic mass is 10.1. The van der Waals surface area contributed by atoms with Gasteiger partial charge in [0.05, 0.1) is 11.1 Å². The number of carbonyl (C=O) groups is 2. The maximum absolute atomic E-state index is 11.8. The number of rotatable bonds is 6. The van der Waals surface area contributed by atoms with Gasteiger partial charge in [0.2, 0.25) is 0 Å². The van der Waals surface area contributed by atoms with Gasteiger partial charge >= 0.3 is 11.9 Å². The molecule has 0 aromatic heterocycles. The van der Waals surface area contributed by atoms with Crippen molar-refractivity contribution in [2.45, 2.75) is 19.6 Å². The van der Waals surface area contributed by atoms with Gasteiger partial charge in [0.25, 0.3) is 0 Å². The van der Waals surface area contributed by atoms with Crippen LogP contribution in [0.3, 0.4) is 0 Å². The fraction of sp³-hybridized carbons (Fsp3) is 0.103. The van der Waals surface area contributed by atoms with Crippen molar-refractivity contribution in [2.75, 3.05) is 0 Å². The Morgan fingerprint density at radius 3 is 1.55 bits per heavy atom. The predicted molar refractivity (Wildman–Crippen MR) is 129 cm³/mol. The summed E-state index contributed by atoms with van der Waals surface area (Å²) in [6.45, 7) is 2.19. The first-order valence-corrected chi connectivity index (χ1v) is 10.7. The lowest BCUT2D eigenvalue weighted by molar-refractivity contribution is 0.0337. The molecule has 4 rings (SSSR count). The molecule has 0 radical (unpaired) electrons. The second-order valence-electron chi connectivity index (χ2n) is 7.25. The Hall–Kier alpha value is -4.18. The van der Waals surface area contributed by atoms with E-state index in [9.17, 15) is 9.59 Å². The SMILES string of the molecule is CC(OC(=O)c1ccccc1)c1ccccc1.O=C(OCc1ccccc1)c1ccccc1. The van der Waals surface area contributed by atoms with E-state index in [2.05, 4.69) is 0 Å². The number of hydrogen-bond donors (Lipinski definition) is 0. The summed E-state index contributed by atoms with van der Waals surface area (Å²) in [4.78, 5) is 23.4. The van der Waals surface area contributed by atoms with E-state index in [0.717, 1.165) is 11.1 Å². The van der Waals surface area contributed by atoms with Gasteiger partial charge in [-0.05, 0) is 42.3 Å². The standard InChI is InChI=1S/C15H14O2.C14H12O2/c1-12(13-8-4-2-5-9-13)17-15(16)14-10-6-3-7-11-14;15-14(13-9-5-2-6-10-13)16-11-12-7-3-1-4-8-12/h2-12H,1H3;1-10H,11H2. The number of ether oxygens (including phenoxy) is 2. The number of hydrogen-bond acceptors (Lipinski definition) is 4. The molecule has 4 nitrogen and oxygen atoms in total. The van der Waals surface area contributed by atoms with Crippen LogP contribution in [0.15, 0.2) is 121 Å². The van der Waals surface area contributed by atoms with Gasteiger partial charge < -0.3 is 9.47 Å². The smallest absolute Gasteiger partial charge is 0.338 e. The summed E-state index contributed by atoms with van der Waals surface area (Å²) in [6.07, 6.45) is -0.232. The highest BCUT2D eigenvalue weighted by atomic mass is 16.5. The third-order valence-electron chi connectivity index (χ3n) is 4.78. The van der Waals surface area contributed by atoms with Crippen molar-refractivity contribution in [1.82, 2.24) is 0 Å². The fourth-order valence-electron chi connectivity index (χ4n) is 2.98. The summed E-state index contributed by atoms with van der Waals surface area (Å²) >= 11 is 0. The van der Waals surface area contributed by atoms with Gasteiger partial charge in [0, 0.05) is 0 Å². The molecule has 0 aliphatic rings. The van der Waals surface area contributed by atoms with Gasteiger partial charge in [-0.1, -0.05) is 97.1 Å². The molecule has 0 bridgehead atoms. The van der Waals surface area contributed by atoms with Crippen molar-refractivity contribution in [2.24, 2.45) is 0 Å². The summed E-state index contributed by atoms with van der Waals surface area (Å²) in [7, 11) is 0. The molecule has 1 atom stereocenters. The molecule has 0 aliphatic heterocycles. The average molecular weight is 439 g/mol. The second-order valence-corrected chi connectivity index (χ2v) is 7.25. The number of carbonyl (C=O) groups excluding carboxylic acids is 2. The van der Waals surface area contributed by atoms with E-state index >= 15 is 0 Å². The normalized spacial score (nSPS) is 10.8.